The van der Waals surface area contributed by atoms with E-state index in [1.54, 1.807) is 24.3 Å². The summed E-state index contributed by atoms with van der Waals surface area (Å²) < 4.78 is 3.71. The fourth-order valence-electron chi connectivity index (χ4n) is 2.94. The topological polar surface area (TPSA) is 94.5 Å². The summed E-state index contributed by atoms with van der Waals surface area (Å²) in [6.07, 6.45) is 6.76. The molecule has 0 saturated carbocycles. The number of aliphatic hydroxyl groups is 1. The molecule has 0 atom stereocenters. The van der Waals surface area contributed by atoms with Gasteiger partial charge in [0.15, 0.2) is 5.65 Å². The third-order valence-corrected chi connectivity index (χ3v) is 5.48. The van der Waals surface area contributed by atoms with Crippen molar-refractivity contribution in [3.63, 3.8) is 0 Å². The molecule has 8 nitrogen and oxygen atoms in total. The molecule has 0 bridgehead atoms. The molecule has 4 rings (SSSR count). The van der Waals surface area contributed by atoms with Crippen LogP contribution >= 0.6 is 11.8 Å². The number of nitrogens with zero attached hydrogens (tertiary/aromatic N) is 7. The highest BCUT2D eigenvalue weighted by Gasteiger charge is 2.13. The Bertz CT molecular complexity index is 1030. The Morgan fingerprint density at radius 2 is 1.89 bits per heavy atom. The first-order chi connectivity index (χ1) is 13.8. The van der Waals surface area contributed by atoms with Gasteiger partial charge in [-0.05, 0) is 18.4 Å². The number of fused-ring (bicyclic) bond motifs is 1. The molecule has 4 aromatic rings. The van der Waals surface area contributed by atoms with Crippen molar-refractivity contribution in [1.82, 2.24) is 34.7 Å². The quantitative estimate of drug-likeness (QED) is 0.264. The summed E-state index contributed by atoms with van der Waals surface area (Å²) in [4.78, 5) is 8.88. The lowest BCUT2D eigenvalue weighted by Gasteiger charge is -2.07. The average Bonchev–Trinajstić information content (AvgIpc) is 3.35. The van der Waals surface area contributed by atoms with E-state index in [1.165, 1.54) is 5.56 Å². The maximum absolute atomic E-state index is 8.96. The van der Waals surface area contributed by atoms with E-state index >= 15 is 0 Å². The van der Waals surface area contributed by atoms with Gasteiger partial charge in [-0.3, -0.25) is 0 Å². The van der Waals surface area contributed by atoms with Crippen LogP contribution in [0.25, 0.3) is 11.0 Å². The van der Waals surface area contributed by atoms with Gasteiger partial charge in [-0.15, -0.1) is 16.9 Å². The summed E-state index contributed by atoms with van der Waals surface area (Å²) in [5, 5.41) is 23.5. The Morgan fingerprint density at radius 1 is 1.00 bits per heavy atom. The third kappa shape index (κ3) is 4.20. The van der Waals surface area contributed by atoms with Crippen LogP contribution in [0.4, 0.5) is 0 Å². The van der Waals surface area contributed by atoms with Crippen LogP contribution in [0, 0.1) is 0 Å². The first-order valence-corrected chi connectivity index (χ1v) is 10.1. The van der Waals surface area contributed by atoms with Gasteiger partial charge in [-0.2, -0.15) is 5.10 Å². The van der Waals surface area contributed by atoms with Gasteiger partial charge in [0.2, 0.25) is 0 Å². The van der Waals surface area contributed by atoms with Crippen molar-refractivity contribution in [3.05, 3.63) is 60.3 Å². The Kier molecular flexibility index (Phi) is 5.93. The molecule has 0 aliphatic heterocycles. The summed E-state index contributed by atoms with van der Waals surface area (Å²) in [7, 11) is 0. The second-order valence-corrected chi connectivity index (χ2v) is 7.34. The van der Waals surface area contributed by atoms with Crippen molar-refractivity contribution in [2.24, 2.45) is 0 Å². The number of thioether (sulfide) groups is 1. The lowest BCUT2D eigenvalue weighted by Crippen LogP contribution is -2.11. The molecule has 0 amide bonds. The molecule has 28 heavy (non-hydrogen) atoms. The van der Waals surface area contributed by atoms with Crippen LogP contribution in [0.5, 0.6) is 0 Å². The smallest absolute Gasteiger partial charge is 0.162 e. The van der Waals surface area contributed by atoms with Gasteiger partial charge in [0, 0.05) is 18.9 Å². The molecule has 1 aromatic carbocycles. The molecule has 0 spiro atoms. The molecular formula is C19H21N7OS. The lowest BCUT2D eigenvalue weighted by atomic mass is 10.2. The van der Waals surface area contributed by atoms with Crippen LogP contribution in [-0.4, -0.2) is 46.5 Å². The van der Waals surface area contributed by atoms with E-state index in [1.807, 2.05) is 33.8 Å². The van der Waals surface area contributed by atoms with Crippen molar-refractivity contribution in [2.45, 2.75) is 36.7 Å². The molecule has 0 aliphatic carbocycles. The van der Waals surface area contributed by atoms with E-state index in [0.29, 0.717) is 6.54 Å². The Hall–Kier alpha value is -2.78. The summed E-state index contributed by atoms with van der Waals surface area (Å²) in [6.45, 7) is 1.45. The number of unbranched alkanes of at least 4 members (excludes halogenated alkanes) is 1. The predicted molar refractivity (Wildman–Crippen MR) is 107 cm³/mol. The largest absolute Gasteiger partial charge is 0.396 e. The van der Waals surface area contributed by atoms with Crippen molar-refractivity contribution in [1.29, 1.82) is 0 Å². The van der Waals surface area contributed by atoms with Crippen LogP contribution < -0.4 is 0 Å². The highest BCUT2D eigenvalue weighted by atomic mass is 32.2. The van der Waals surface area contributed by atoms with Crippen molar-refractivity contribution >= 4 is 22.8 Å². The first-order valence-electron chi connectivity index (χ1n) is 9.16. The van der Waals surface area contributed by atoms with Crippen molar-refractivity contribution < 1.29 is 5.11 Å². The van der Waals surface area contributed by atoms with E-state index < -0.39 is 0 Å². The molecule has 0 saturated heterocycles. The number of hydrogen-bond acceptors (Lipinski definition) is 7. The van der Waals surface area contributed by atoms with E-state index in [0.717, 1.165) is 46.9 Å². The van der Waals surface area contributed by atoms with Gasteiger partial charge in [0.05, 0.1) is 30.0 Å². The summed E-state index contributed by atoms with van der Waals surface area (Å²) in [5.74, 6) is 0.847. The van der Waals surface area contributed by atoms with E-state index in [9.17, 15) is 0 Å². The predicted octanol–water partition coefficient (Wildman–Crippen LogP) is 2.53. The number of aliphatic hydroxyl groups excluding tert-OH is 1. The fourth-order valence-corrected chi connectivity index (χ4v) is 3.86. The second kappa shape index (κ2) is 8.94. The molecule has 3 heterocycles. The maximum atomic E-state index is 8.96. The summed E-state index contributed by atoms with van der Waals surface area (Å²) >= 11 is 1.68. The Morgan fingerprint density at radius 3 is 2.75 bits per heavy atom. The minimum Gasteiger partial charge on any atom is -0.396 e. The molecule has 3 aromatic heterocycles. The zero-order valence-electron chi connectivity index (χ0n) is 15.3. The standard InChI is InChI=1S/C19H21N7OS/c27-9-5-4-8-25-16(10-22-24-25)12-26-18-17(11-23-26)19(21-14-20-18)28-13-15-6-2-1-3-7-15/h1-3,6-7,10-11,14,27H,4-5,8-9,12-13H2. The first kappa shape index (κ1) is 18.6. The zero-order valence-corrected chi connectivity index (χ0v) is 16.2. The van der Waals surface area contributed by atoms with E-state index in [-0.39, 0.29) is 6.61 Å². The molecular weight excluding hydrogens is 374 g/mol. The molecule has 1 N–H and O–H groups in total. The molecule has 0 aliphatic rings. The van der Waals surface area contributed by atoms with Crippen LogP contribution in [0.15, 0.2) is 54.1 Å². The Labute approximate surface area is 166 Å². The van der Waals surface area contributed by atoms with E-state index in [2.05, 4.69) is 37.5 Å². The van der Waals surface area contributed by atoms with Crippen LogP contribution in [0.1, 0.15) is 24.1 Å². The number of aryl methyl sites for hydroxylation is 1. The Balaban J connectivity index is 1.51. The third-order valence-electron chi connectivity index (χ3n) is 4.40. The normalized spacial score (nSPS) is 11.3. The number of rotatable bonds is 9. The second-order valence-electron chi connectivity index (χ2n) is 6.37. The molecule has 0 radical (unpaired) electrons. The number of benzene rings is 1. The van der Waals surface area contributed by atoms with Crippen molar-refractivity contribution in [3.8, 4) is 0 Å². The van der Waals surface area contributed by atoms with Crippen LogP contribution in [-0.2, 0) is 18.8 Å². The molecule has 0 unspecified atom stereocenters. The molecule has 144 valence electrons. The van der Waals surface area contributed by atoms with Crippen molar-refractivity contribution in [2.75, 3.05) is 6.61 Å². The maximum Gasteiger partial charge on any atom is 0.162 e. The van der Waals surface area contributed by atoms with Gasteiger partial charge in [0.1, 0.15) is 11.4 Å². The summed E-state index contributed by atoms with van der Waals surface area (Å²) in [5.41, 5.74) is 3.01. The fraction of sp³-hybridized carbons (Fsp3) is 0.316. The van der Waals surface area contributed by atoms with Gasteiger partial charge >= 0.3 is 0 Å². The minimum absolute atomic E-state index is 0.189. The van der Waals surface area contributed by atoms with Gasteiger partial charge in [-0.25, -0.2) is 19.3 Å². The minimum atomic E-state index is 0.189. The average molecular weight is 395 g/mol. The zero-order chi connectivity index (χ0) is 19.2. The monoisotopic (exact) mass is 395 g/mol. The van der Waals surface area contributed by atoms with Gasteiger partial charge in [-0.1, -0.05) is 35.5 Å². The number of aromatic nitrogens is 7. The lowest BCUT2D eigenvalue weighted by molar-refractivity contribution is 0.279. The van der Waals surface area contributed by atoms with Crippen LogP contribution in [0.2, 0.25) is 0 Å². The molecule has 9 heteroatoms. The van der Waals surface area contributed by atoms with Crippen LogP contribution in [0.3, 0.4) is 0 Å². The van der Waals surface area contributed by atoms with E-state index in [4.69, 9.17) is 5.11 Å². The highest BCUT2D eigenvalue weighted by Crippen LogP contribution is 2.27. The number of hydrogen-bond donors (Lipinski definition) is 1. The summed E-state index contributed by atoms with van der Waals surface area (Å²) in [6, 6.07) is 10.3. The SMILES string of the molecule is OCCCCn1nncc1Cn1ncc2c(SCc3ccccc3)ncnc21. The molecule has 0 fully saturated rings. The van der Waals surface area contributed by atoms with Gasteiger partial charge in [0.25, 0.3) is 0 Å². The highest BCUT2D eigenvalue weighted by molar-refractivity contribution is 7.98. The van der Waals surface area contributed by atoms with Gasteiger partial charge < -0.3 is 5.11 Å².